The van der Waals surface area contributed by atoms with Gasteiger partial charge in [0.25, 0.3) is 0 Å². The maximum atomic E-state index is 3.55. The van der Waals surface area contributed by atoms with Crippen molar-refractivity contribution in [2.24, 2.45) is 0 Å². The van der Waals surface area contributed by atoms with Gasteiger partial charge in [0.2, 0.25) is 0 Å². The number of rotatable bonds is 2. The molecule has 2 heterocycles. The molecule has 3 heteroatoms. The Balaban J connectivity index is 0.000000637. The Hall–Kier alpha value is -0.800. The van der Waals surface area contributed by atoms with Crippen molar-refractivity contribution in [1.82, 2.24) is 9.88 Å². The summed E-state index contributed by atoms with van der Waals surface area (Å²) in [6, 6.07) is 7.16. The zero-order valence-electron chi connectivity index (χ0n) is 12.0. The number of likely N-dealkylation sites (N-methyl/N-ethyl adjacent to an activating group) is 1. The molecule has 2 aromatic rings. The number of hydrogen-bond donors (Lipinski definition) is 1. The molecule has 1 unspecified atom stereocenters. The van der Waals surface area contributed by atoms with E-state index in [1.54, 1.807) is 0 Å². The van der Waals surface area contributed by atoms with Crippen molar-refractivity contribution in [3.8, 4) is 0 Å². The highest BCUT2D eigenvalue weighted by Gasteiger charge is 2.21. The van der Waals surface area contributed by atoms with Crippen LogP contribution in [0.4, 0.5) is 0 Å². The molecule has 1 aromatic heterocycles. The molecule has 1 fully saturated rings. The van der Waals surface area contributed by atoms with E-state index in [-0.39, 0.29) is 0 Å². The molecule has 2 nitrogen and oxygen atoms in total. The molecule has 0 bridgehead atoms. The number of likely N-dealkylation sites (tertiary alicyclic amines) is 1. The number of H-pyrrole nitrogens is 1. The Kier molecular flexibility index (Phi) is 5.06. The third-order valence-electron chi connectivity index (χ3n) is 3.86. The first-order valence-electron chi connectivity index (χ1n) is 7.20. The molecule has 1 atom stereocenters. The van der Waals surface area contributed by atoms with Gasteiger partial charge in [-0.05, 0) is 56.6 Å². The molecule has 0 radical (unpaired) electrons. The van der Waals surface area contributed by atoms with E-state index in [1.807, 2.05) is 13.8 Å². The summed E-state index contributed by atoms with van der Waals surface area (Å²) < 4.78 is 1.16. The summed E-state index contributed by atoms with van der Waals surface area (Å²) in [4.78, 5) is 5.85. The maximum absolute atomic E-state index is 3.55. The predicted octanol–water partition coefficient (Wildman–Crippen LogP) is 4.59. The monoisotopic (exact) mass is 322 g/mol. The van der Waals surface area contributed by atoms with Gasteiger partial charge >= 0.3 is 0 Å². The van der Waals surface area contributed by atoms with E-state index in [9.17, 15) is 0 Å². The molecule has 3 rings (SSSR count). The molecule has 0 saturated carbocycles. The number of halogens is 1. The van der Waals surface area contributed by atoms with E-state index in [0.29, 0.717) is 6.04 Å². The molecule has 1 aliphatic rings. The van der Waals surface area contributed by atoms with Crippen molar-refractivity contribution >= 4 is 26.8 Å². The number of benzene rings is 1. The fourth-order valence-electron chi connectivity index (χ4n) is 2.81. The molecule has 0 amide bonds. The van der Waals surface area contributed by atoms with Crippen molar-refractivity contribution in [3.63, 3.8) is 0 Å². The standard InChI is InChI=1S/C14H17BrN2.C2H6/c1-17-6-2-3-12(17)7-10-9-16-14-5-4-11(15)8-13(10)14;1-2/h4-5,8-9,12,16H,2-3,6-7H2,1H3;1-2H3. The highest BCUT2D eigenvalue weighted by atomic mass is 79.9. The Morgan fingerprint density at radius 2 is 2.16 bits per heavy atom. The van der Waals surface area contributed by atoms with Crippen molar-refractivity contribution in [2.75, 3.05) is 13.6 Å². The van der Waals surface area contributed by atoms with Gasteiger partial charge < -0.3 is 9.88 Å². The van der Waals surface area contributed by atoms with E-state index < -0.39 is 0 Å². The van der Waals surface area contributed by atoms with Crippen LogP contribution in [0.3, 0.4) is 0 Å². The molecule has 0 spiro atoms. The van der Waals surface area contributed by atoms with E-state index in [0.717, 1.165) is 10.9 Å². The minimum atomic E-state index is 0.716. The van der Waals surface area contributed by atoms with Crippen LogP contribution in [-0.2, 0) is 6.42 Å². The normalized spacial score (nSPS) is 19.5. The number of aromatic amines is 1. The number of aromatic nitrogens is 1. The number of nitrogens with one attached hydrogen (secondary N) is 1. The predicted molar refractivity (Wildman–Crippen MR) is 86.7 cm³/mol. The molecule has 1 saturated heterocycles. The molecule has 1 aliphatic heterocycles. The van der Waals surface area contributed by atoms with Crippen LogP contribution in [0, 0.1) is 0 Å². The average molecular weight is 323 g/mol. The lowest BCUT2D eigenvalue weighted by atomic mass is 10.0. The average Bonchev–Trinajstić information content (AvgIpc) is 3.00. The van der Waals surface area contributed by atoms with Crippen molar-refractivity contribution in [2.45, 2.75) is 39.2 Å². The van der Waals surface area contributed by atoms with Crippen LogP contribution in [0.2, 0.25) is 0 Å². The van der Waals surface area contributed by atoms with Gasteiger partial charge in [-0.3, -0.25) is 0 Å². The highest BCUT2D eigenvalue weighted by Crippen LogP contribution is 2.26. The topological polar surface area (TPSA) is 19.0 Å². The first kappa shape index (κ1) is 14.6. The lowest BCUT2D eigenvalue weighted by molar-refractivity contribution is 0.310. The number of nitrogens with zero attached hydrogens (tertiary/aromatic N) is 1. The Labute approximate surface area is 124 Å². The Morgan fingerprint density at radius 3 is 2.84 bits per heavy atom. The van der Waals surface area contributed by atoms with Crippen molar-refractivity contribution < 1.29 is 0 Å². The van der Waals surface area contributed by atoms with Gasteiger partial charge in [0.1, 0.15) is 0 Å². The van der Waals surface area contributed by atoms with Gasteiger partial charge in [0.15, 0.2) is 0 Å². The molecule has 104 valence electrons. The molecule has 1 N–H and O–H groups in total. The van der Waals surface area contributed by atoms with Crippen LogP contribution < -0.4 is 0 Å². The summed E-state index contributed by atoms with van der Waals surface area (Å²) in [5.41, 5.74) is 2.68. The van der Waals surface area contributed by atoms with Crippen LogP contribution in [0.1, 0.15) is 32.3 Å². The summed E-state index contributed by atoms with van der Waals surface area (Å²) in [5, 5.41) is 1.36. The van der Waals surface area contributed by atoms with Crippen molar-refractivity contribution in [3.05, 3.63) is 34.4 Å². The fourth-order valence-corrected chi connectivity index (χ4v) is 3.17. The third kappa shape index (κ3) is 3.21. The second kappa shape index (κ2) is 6.58. The van der Waals surface area contributed by atoms with E-state index in [4.69, 9.17) is 0 Å². The van der Waals surface area contributed by atoms with Crippen molar-refractivity contribution in [1.29, 1.82) is 0 Å². The second-order valence-electron chi connectivity index (χ2n) is 4.98. The lowest BCUT2D eigenvalue weighted by Gasteiger charge is -2.18. The number of fused-ring (bicyclic) bond motifs is 1. The minimum absolute atomic E-state index is 0.716. The largest absolute Gasteiger partial charge is 0.361 e. The van der Waals surface area contributed by atoms with Crippen LogP contribution in [0.25, 0.3) is 10.9 Å². The van der Waals surface area contributed by atoms with Crippen LogP contribution in [-0.4, -0.2) is 29.5 Å². The summed E-state index contributed by atoms with van der Waals surface area (Å²) in [6.45, 7) is 5.25. The minimum Gasteiger partial charge on any atom is -0.361 e. The molecular weight excluding hydrogens is 300 g/mol. The Bertz CT molecular complexity index is 533. The van der Waals surface area contributed by atoms with Gasteiger partial charge in [0.05, 0.1) is 0 Å². The second-order valence-corrected chi connectivity index (χ2v) is 5.90. The third-order valence-corrected chi connectivity index (χ3v) is 4.35. The smallest absolute Gasteiger partial charge is 0.0457 e. The van der Waals surface area contributed by atoms with Crippen LogP contribution >= 0.6 is 15.9 Å². The van der Waals surface area contributed by atoms with Crippen LogP contribution in [0.5, 0.6) is 0 Å². The fraction of sp³-hybridized carbons (Fsp3) is 0.500. The van der Waals surface area contributed by atoms with Gasteiger partial charge in [-0.1, -0.05) is 29.8 Å². The first-order valence-corrected chi connectivity index (χ1v) is 7.99. The van der Waals surface area contributed by atoms with Crippen LogP contribution in [0.15, 0.2) is 28.9 Å². The van der Waals surface area contributed by atoms with Gasteiger partial charge in [-0.2, -0.15) is 0 Å². The molecular formula is C16H23BrN2. The highest BCUT2D eigenvalue weighted by molar-refractivity contribution is 9.10. The first-order chi connectivity index (χ1) is 9.24. The zero-order chi connectivity index (χ0) is 13.8. The molecule has 19 heavy (non-hydrogen) atoms. The Morgan fingerprint density at radius 1 is 1.37 bits per heavy atom. The molecule has 1 aromatic carbocycles. The maximum Gasteiger partial charge on any atom is 0.0457 e. The number of hydrogen-bond acceptors (Lipinski definition) is 1. The van der Waals surface area contributed by atoms with Gasteiger partial charge in [-0.25, -0.2) is 0 Å². The SMILES string of the molecule is CC.CN1CCCC1Cc1c[nH]c2ccc(Br)cc12. The summed E-state index contributed by atoms with van der Waals surface area (Å²) in [6.07, 6.45) is 6.00. The lowest BCUT2D eigenvalue weighted by Crippen LogP contribution is -2.26. The van der Waals surface area contributed by atoms with E-state index in [1.165, 1.54) is 35.9 Å². The summed E-state index contributed by atoms with van der Waals surface area (Å²) >= 11 is 3.55. The van der Waals surface area contributed by atoms with E-state index in [2.05, 4.69) is 57.3 Å². The summed E-state index contributed by atoms with van der Waals surface area (Å²) in [5.74, 6) is 0. The molecule has 0 aliphatic carbocycles. The quantitative estimate of drug-likeness (QED) is 0.856. The summed E-state index contributed by atoms with van der Waals surface area (Å²) in [7, 11) is 2.24. The van der Waals surface area contributed by atoms with E-state index >= 15 is 0 Å². The zero-order valence-corrected chi connectivity index (χ0v) is 13.6. The van der Waals surface area contributed by atoms with Gasteiger partial charge in [-0.15, -0.1) is 0 Å². The van der Waals surface area contributed by atoms with Gasteiger partial charge in [0, 0.05) is 27.6 Å².